The number of sulfonamides is 1. The molecule has 2 aromatic carbocycles. The van der Waals surface area contributed by atoms with Crippen molar-refractivity contribution in [3.63, 3.8) is 0 Å². The van der Waals surface area contributed by atoms with Gasteiger partial charge in [0.2, 0.25) is 21.6 Å². The van der Waals surface area contributed by atoms with E-state index in [9.17, 15) is 8.42 Å². The Morgan fingerprint density at radius 3 is 2.14 bits per heavy atom. The van der Waals surface area contributed by atoms with Gasteiger partial charge in [0, 0.05) is 68.3 Å². The molecule has 0 N–H and O–H groups in total. The van der Waals surface area contributed by atoms with Gasteiger partial charge in [0.15, 0.2) is 0 Å². The molecule has 2 aliphatic heterocycles. The van der Waals surface area contributed by atoms with Gasteiger partial charge in [0.25, 0.3) is 0 Å². The van der Waals surface area contributed by atoms with E-state index in [2.05, 4.69) is 0 Å². The molecule has 0 unspecified atom stereocenters. The van der Waals surface area contributed by atoms with Gasteiger partial charge in [-0.3, -0.25) is 0 Å². The molecule has 8 heteroatoms. The van der Waals surface area contributed by atoms with Gasteiger partial charge < -0.3 is 9.64 Å². The lowest BCUT2D eigenvalue weighted by atomic mass is 9.53. The summed E-state index contributed by atoms with van der Waals surface area (Å²) >= 11 is 0. The Morgan fingerprint density at radius 1 is 0.857 bits per heavy atom. The first-order valence-corrected chi connectivity index (χ1v) is 14.5. The molecule has 0 atom stereocenters. The number of hydrogen-bond donors (Lipinski definition) is 0. The minimum absolute atomic E-state index is 0.353. The van der Waals surface area contributed by atoms with Crippen LogP contribution in [0.25, 0.3) is 10.8 Å². The predicted molar refractivity (Wildman–Crippen MR) is 132 cm³/mol. The second kappa shape index (κ2) is 7.65. The lowest BCUT2D eigenvalue weighted by Gasteiger charge is -2.57. The lowest BCUT2D eigenvalue weighted by Crippen LogP contribution is -2.59. The Bertz CT molecular complexity index is 1240. The third-order valence-electron chi connectivity index (χ3n) is 9.39. The summed E-state index contributed by atoms with van der Waals surface area (Å²) in [7, 11) is 0.280. The number of ether oxygens (including phenoxy) is 1. The number of hydrogen-bond acceptors (Lipinski definition) is 6. The molecule has 4 aliphatic carbocycles. The first-order valence-electron chi connectivity index (χ1n) is 13.1. The molecular formula is C27H34N2O5S. The second-order valence-electron chi connectivity index (χ2n) is 11.6. The molecule has 2 heterocycles. The average Bonchev–Trinajstić information content (AvgIpc) is 3.21. The van der Waals surface area contributed by atoms with Gasteiger partial charge in [-0.1, -0.05) is 24.3 Å². The molecule has 7 nitrogen and oxygen atoms in total. The predicted octanol–water partition coefficient (Wildman–Crippen LogP) is 4.52. The Hall–Kier alpha value is -1.71. The van der Waals surface area contributed by atoms with Crippen LogP contribution >= 0.6 is 0 Å². The highest BCUT2D eigenvalue weighted by Crippen LogP contribution is 2.63. The topological polar surface area (TPSA) is 68.3 Å². The van der Waals surface area contributed by atoms with E-state index in [0.717, 1.165) is 28.3 Å². The minimum atomic E-state index is -3.66. The first-order chi connectivity index (χ1) is 16.8. The molecule has 0 aromatic heterocycles. The van der Waals surface area contributed by atoms with Crippen LogP contribution in [0.4, 0.5) is 5.69 Å². The van der Waals surface area contributed by atoms with Gasteiger partial charge in [-0.25, -0.2) is 8.42 Å². The normalized spacial score (nSPS) is 35.9. The third-order valence-corrected chi connectivity index (χ3v) is 11.3. The van der Waals surface area contributed by atoms with Crippen LogP contribution in [0.2, 0.25) is 0 Å². The van der Waals surface area contributed by atoms with Crippen molar-refractivity contribution in [3.05, 3.63) is 36.4 Å². The molecule has 2 spiro atoms. The number of rotatable bonds is 3. The van der Waals surface area contributed by atoms with Gasteiger partial charge in [0.05, 0.1) is 4.90 Å². The number of fused-ring (bicyclic) bond motifs is 1. The molecule has 4 bridgehead atoms. The average molecular weight is 499 g/mol. The van der Waals surface area contributed by atoms with E-state index in [1.165, 1.54) is 32.1 Å². The molecular weight excluding hydrogens is 464 g/mol. The van der Waals surface area contributed by atoms with Crippen LogP contribution in [0.5, 0.6) is 0 Å². The highest BCUT2D eigenvalue weighted by atomic mass is 32.2. The SMILES string of the molecule is CN(C)c1cccc2c(S(=O)(=O)N3CCC4(CC3)OOC3(O4)C4CC5CC(C4)CC3C5)cccc12. The standard InChI is InChI=1S/C27H34N2O5S/c1-28(2)24-7-3-6-23-22(24)5-4-8-25(23)35(30,31)29-11-9-26(10-12-29)32-27(34-33-26)20-14-18-13-19(16-20)17-21(27)15-18/h3-8,18-21H,9-17H2,1-2H3. The molecule has 0 radical (unpaired) electrons. The van der Waals surface area contributed by atoms with E-state index < -0.39 is 21.6 Å². The van der Waals surface area contributed by atoms with Gasteiger partial charge in [-0.05, 0) is 56.1 Å². The minimum Gasteiger partial charge on any atom is -0.377 e. The summed E-state index contributed by atoms with van der Waals surface area (Å²) < 4.78 is 35.9. The van der Waals surface area contributed by atoms with Crippen LogP contribution in [-0.4, -0.2) is 51.5 Å². The highest BCUT2D eigenvalue weighted by Gasteiger charge is 2.67. The van der Waals surface area contributed by atoms with Gasteiger partial charge in [-0.2, -0.15) is 14.1 Å². The second-order valence-corrected chi connectivity index (χ2v) is 13.5. The summed E-state index contributed by atoms with van der Waals surface area (Å²) in [6.07, 6.45) is 7.01. The summed E-state index contributed by atoms with van der Waals surface area (Å²) in [5, 5.41) is 1.69. The van der Waals surface area contributed by atoms with Gasteiger partial charge in [-0.15, -0.1) is 0 Å². The molecule has 8 rings (SSSR count). The maximum absolute atomic E-state index is 13.8. The monoisotopic (exact) mass is 498 g/mol. The highest BCUT2D eigenvalue weighted by molar-refractivity contribution is 7.89. The fraction of sp³-hybridized carbons (Fsp3) is 0.630. The molecule has 6 fully saturated rings. The fourth-order valence-electron chi connectivity index (χ4n) is 7.88. The number of benzene rings is 2. The number of anilines is 1. The summed E-state index contributed by atoms with van der Waals surface area (Å²) in [6.45, 7) is 0.707. The summed E-state index contributed by atoms with van der Waals surface area (Å²) in [5.41, 5.74) is 1.00. The largest absolute Gasteiger partial charge is 0.377 e. The van der Waals surface area contributed by atoms with Crippen molar-refractivity contribution in [2.45, 2.75) is 61.4 Å². The van der Waals surface area contributed by atoms with E-state index in [1.807, 2.05) is 49.3 Å². The van der Waals surface area contributed by atoms with Crippen LogP contribution in [-0.2, 0) is 24.5 Å². The van der Waals surface area contributed by atoms with E-state index >= 15 is 0 Å². The lowest BCUT2D eigenvalue weighted by molar-refractivity contribution is -0.390. The Balaban J connectivity index is 1.12. The van der Waals surface area contributed by atoms with Crippen molar-refractivity contribution in [1.82, 2.24) is 4.31 Å². The van der Waals surface area contributed by atoms with E-state index in [-0.39, 0.29) is 0 Å². The molecule has 0 amide bonds. The first kappa shape index (κ1) is 22.5. The summed E-state index contributed by atoms with van der Waals surface area (Å²) in [6, 6.07) is 11.4. The molecule has 2 aromatic rings. The van der Waals surface area contributed by atoms with E-state index in [0.29, 0.717) is 42.7 Å². The number of nitrogens with zero attached hydrogens (tertiary/aromatic N) is 2. The van der Waals surface area contributed by atoms with Crippen molar-refractivity contribution < 1.29 is 22.9 Å². The van der Waals surface area contributed by atoms with Crippen LogP contribution in [0.15, 0.2) is 41.3 Å². The van der Waals surface area contributed by atoms with Crippen molar-refractivity contribution in [1.29, 1.82) is 0 Å². The summed E-state index contributed by atoms with van der Waals surface area (Å²) in [5.74, 6) is 0.980. The Kier molecular flexibility index (Phi) is 4.91. The molecule has 6 aliphatic rings. The molecule has 35 heavy (non-hydrogen) atoms. The van der Waals surface area contributed by atoms with E-state index in [4.69, 9.17) is 14.5 Å². The fourth-order valence-corrected chi connectivity index (χ4v) is 9.53. The zero-order chi connectivity index (χ0) is 24.0. The van der Waals surface area contributed by atoms with Crippen LogP contribution < -0.4 is 4.90 Å². The molecule has 2 saturated heterocycles. The Morgan fingerprint density at radius 2 is 1.49 bits per heavy atom. The van der Waals surface area contributed by atoms with E-state index in [1.54, 1.807) is 10.4 Å². The number of piperidine rings is 1. The smallest absolute Gasteiger partial charge is 0.243 e. The van der Waals surface area contributed by atoms with Crippen LogP contribution in [0.3, 0.4) is 0 Å². The summed E-state index contributed by atoms with van der Waals surface area (Å²) in [4.78, 5) is 14.5. The third kappa shape index (κ3) is 3.26. The van der Waals surface area contributed by atoms with Gasteiger partial charge >= 0.3 is 0 Å². The zero-order valence-electron chi connectivity index (χ0n) is 20.5. The maximum atomic E-state index is 13.8. The molecule has 188 valence electrons. The van der Waals surface area contributed by atoms with Crippen molar-refractivity contribution in [2.24, 2.45) is 23.7 Å². The van der Waals surface area contributed by atoms with Gasteiger partial charge in [0.1, 0.15) is 0 Å². The van der Waals surface area contributed by atoms with Crippen LogP contribution in [0, 0.1) is 23.7 Å². The quantitative estimate of drug-likeness (QED) is 0.580. The van der Waals surface area contributed by atoms with Crippen molar-refractivity contribution in [2.75, 3.05) is 32.1 Å². The molecule has 4 saturated carbocycles. The van der Waals surface area contributed by atoms with Crippen LogP contribution in [0.1, 0.15) is 44.9 Å². The van der Waals surface area contributed by atoms with Crippen molar-refractivity contribution >= 4 is 26.5 Å². The Labute approximate surface area is 207 Å². The van der Waals surface area contributed by atoms with Crippen molar-refractivity contribution in [3.8, 4) is 0 Å². The zero-order valence-corrected chi connectivity index (χ0v) is 21.3. The maximum Gasteiger partial charge on any atom is 0.243 e.